The summed E-state index contributed by atoms with van der Waals surface area (Å²) < 4.78 is 5.47. The lowest BCUT2D eigenvalue weighted by Crippen LogP contribution is -2.13. The fourth-order valence-electron chi connectivity index (χ4n) is 1.88. The highest BCUT2D eigenvalue weighted by molar-refractivity contribution is 14.1. The molecule has 0 heterocycles. The number of benzene rings is 2. The van der Waals surface area contributed by atoms with Gasteiger partial charge in [-0.3, -0.25) is 4.79 Å². The van der Waals surface area contributed by atoms with Crippen LogP contribution in [0.1, 0.15) is 31.8 Å². The van der Waals surface area contributed by atoms with Crippen LogP contribution in [-0.4, -0.2) is 18.9 Å². The van der Waals surface area contributed by atoms with Crippen LogP contribution in [0.2, 0.25) is 0 Å². The summed E-state index contributed by atoms with van der Waals surface area (Å²) in [5.74, 6) is -0.672. The third-order valence-electron chi connectivity index (χ3n) is 2.96. The molecule has 2 aromatic carbocycles. The molecule has 3 nitrogen and oxygen atoms in total. The molecule has 0 N–H and O–H groups in total. The molecule has 0 aliphatic heterocycles. The Morgan fingerprint density at radius 1 is 1.05 bits per heavy atom. The number of hydrogen-bond acceptors (Lipinski definition) is 3. The van der Waals surface area contributed by atoms with E-state index >= 15 is 0 Å². The minimum Gasteiger partial charge on any atom is -0.465 e. The molecule has 0 fully saturated rings. The summed E-state index contributed by atoms with van der Waals surface area (Å²) in [4.78, 5) is 24.4. The lowest BCUT2D eigenvalue weighted by atomic mass is 9.98. The van der Waals surface area contributed by atoms with E-state index in [0.717, 1.165) is 5.56 Å². The molecule has 0 bridgehead atoms. The monoisotopic (exact) mass is 380 g/mol. The smallest absolute Gasteiger partial charge is 0.339 e. The molecule has 0 aliphatic carbocycles. The number of hydrogen-bond donors (Lipinski definition) is 0. The molecule has 0 aliphatic rings. The minimum absolute atomic E-state index is 0.177. The molecule has 0 saturated heterocycles. The fourth-order valence-corrected chi connectivity index (χ4v) is 2.60. The molecule has 4 heteroatoms. The number of esters is 1. The topological polar surface area (TPSA) is 43.4 Å². The number of carbonyl (C=O) groups is 2. The molecule has 0 amide bonds. The van der Waals surface area contributed by atoms with Gasteiger partial charge in [-0.1, -0.05) is 42.0 Å². The maximum atomic E-state index is 12.5. The summed E-state index contributed by atoms with van der Waals surface area (Å²) in [5, 5.41) is 0. The van der Waals surface area contributed by atoms with Gasteiger partial charge >= 0.3 is 5.97 Å². The normalized spacial score (nSPS) is 10.2. The SMILES string of the molecule is COC(=O)c1c(I)cccc1C(=O)c1ccc(C)cc1. The van der Waals surface area contributed by atoms with Crippen molar-refractivity contribution in [2.75, 3.05) is 7.11 Å². The van der Waals surface area contributed by atoms with Gasteiger partial charge in [0.05, 0.1) is 12.7 Å². The highest BCUT2D eigenvalue weighted by atomic mass is 127. The lowest BCUT2D eigenvalue weighted by molar-refractivity contribution is 0.0596. The largest absolute Gasteiger partial charge is 0.465 e. The molecular formula is C16H13IO3. The van der Waals surface area contributed by atoms with Crippen LogP contribution in [0.4, 0.5) is 0 Å². The van der Waals surface area contributed by atoms with E-state index in [1.807, 2.05) is 41.6 Å². The Kier molecular flexibility index (Phi) is 4.54. The number of carbonyl (C=O) groups excluding carboxylic acids is 2. The first-order valence-electron chi connectivity index (χ1n) is 6.02. The second kappa shape index (κ2) is 6.17. The first-order chi connectivity index (χ1) is 9.54. The summed E-state index contributed by atoms with van der Waals surface area (Å²) in [5.41, 5.74) is 2.33. The van der Waals surface area contributed by atoms with Gasteiger partial charge in [-0.15, -0.1) is 0 Å². The lowest BCUT2D eigenvalue weighted by Gasteiger charge is -2.09. The van der Waals surface area contributed by atoms with Gasteiger partial charge in [-0.05, 0) is 35.6 Å². The predicted molar refractivity (Wildman–Crippen MR) is 85.1 cm³/mol. The van der Waals surface area contributed by atoms with Crippen molar-refractivity contribution in [3.63, 3.8) is 0 Å². The molecule has 102 valence electrons. The van der Waals surface area contributed by atoms with Crippen molar-refractivity contribution in [2.24, 2.45) is 0 Å². The maximum absolute atomic E-state index is 12.5. The van der Waals surface area contributed by atoms with Gasteiger partial charge in [0.15, 0.2) is 5.78 Å². The van der Waals surface area contributed by atoms with Crippen molar-refractivity contribution < 1.29 is 14.3 Å². The van der Waals surface area contributed by atoms with Crippen LogP contribution in [0.15, 0.2) is 42.5 Å². The van der Waals surface area contributed by atoms with E-state index in [2.05, 4.69) is 0 Å². The molecule has 0 saturated carbocycles. The van der Waals surface area contributed by atoms with Gasteiger partial charge in [0.2, 0.25) is 0 Å². The minimum atomic E-state index is -0.495. The Morgan fingerprint density at radius 3 is 2.30 bits per heavy atom. The quantitative estimate of drug-likeness (QED) is 0.464. The van der Waals surface area contributed by atoms with E-state index in [4.69, 9.17) is 4.74 Å². The summed E-state index contributed by atoms with van der Waals surface area (Å²) in [7, 11) is 1.31. The average molecular weight is 380 g/mol. The van der Waals surface area contributed by atoms with E-state index in [0.29, 0.717) is 20.3 Å². The van der Waals surface area contributed by atoms with Crippen molar-refractivity contribution in [2.45, 2.75) is 6.92 Å². The highest BCUT2D eigenvalue weighted by Gasteiger charge is 2.21. The van der Waals surface area contributed by atoms with Crippen molar-refractivity contribution in [3.05, 3.63) is 68.3 Å². The van der Waals surface area contributed by atoms with Crippen molar-refractivity contribution in [1.82, 2.24) is 0 Å². The Bertz CT molecular complexity index is 660. The number of ketones is 1. The number of aryl methyl sites for hydroxylation is 1. The number of halogens is 1. The molecule has 2 aromatic rings. The van der Waals surface area contributed by atoms with E-state index in [1.54, 1.807) is 30.3 Å². The van der Waals surface area contributed by atoms with Gasteiger partial charge in [0, 0.05) is 14.7 Å². The zero-order valence-corrected chi connectivity index (χ0v) is 13.3. The molecule has 0 atom stereocenters. The first kappa shape index (κ1) is 14.7. The Morgan fingerprint density at radius 2 is 1.70 bits per heavy atom. The molecule has 0 aromatic heterocycles. The third kappa shape index (κ3) is 2.90. The van der Waals surface area contributed by atoms with Gasteiger partial charge in [0.1, 0.15) is 0 Å². The van der Waals surface area contributed by atoms with E-state index in [1.165, 1.54) is 7.11 Å². The molecule has 0 radical (unpaired) electrons. The summed E-state index contributed by atoms with van der Waals surface area (Å²) in [6.45, 7) is 1.96. The summed E-state index contributed by atoms with van der Waals surface area (Å²) in [6, 6.07) is 12.5. The zero-order chi connectivity index (χ0) is 14.7. The van der Waals surface area contributed by atoms with Crippen molar-refractivity contribution >= 4 is 34.3 Å². The van der Waals surface area contributed by atoms with E-state index in [9.17, 15) is 9.59 Å². The molecule has 0 spiro atoms. The van der Waals surface area contributed by atoms with Crippen LogP contribution >= 0.6 is 22.6 Å². The van der Waals surface area contributed by atoms with Crippen LogP contribution in [-0.2, 0) is 4.74 Å². The van der Waals surface area contributed by atoms with Crippen LogP contribution in [0.3, 0.4) is 0 Å². The molecule has 20 heavy (non-hydrogen) atoms. The van der Waals surface area contributed by atoms with Crippen LogP contribution in [0.5, 0.6) is 0 Å². The molecule has 0 unspecified atom stereocenters. The van der Waals surface area contributed by atoms with Crippen LogP contribution in [0.25, 0.3) is 0 Å². The van der Waals surface area contributed by atoms with E-state index in [-0.39, 0.29) is 5.78 Å². The van der Waals surface area contributed by atoms with E-state index < -0.39 is 5.97 Å². The standard InChI is InChI=1S/C16H13IO3/c1-10-6-8-11(9-7-10)15(18)12-4-3-5-13(17)14(12)16(19)20-2/h3-9H,1-2H3. The van der Waals surface area contributed by atoms with Crippen LogP contribution < -0.4 is 0 Å². The predicted octanol–water partition coefficient (Wildman–Crippen LogP) is 3.62. The molecular weight excluding hydrogens is 367 g/mol. The van der Waals surface area contributed by atoms with Gasteiger partial charge in [-0.2, -0.15) is 0 Å². The Balaban J connectivity index is 2.52. The fraction of sp³-hybridized carbons (Fsp3) is 0.125. The summed E-state index contributed by atoms with van der Waals surface area (Å²) in [6.07, 6.45) is 0. The van der Waals surface area contributed by atoms with Crippen molar-refractivity contribution in [1.29, 1.82) is 0 Å². The number of ether oxygens (including phenoxy) is 1. The average Bonchev–Trinajstić information content (AvgIpc) is 2.46. The van der Waals surface area contributed by atoms with Gasteiger partial charge < -0.3 is 4.74 Å². The zero-order valence-electron chi connectivity index (χ0n) is 11.1. The number of methoxy groups -OCH3 is 1. The second-order valence-electron chi connectivity index (χ2n) is 4.35. The van der Waals surface area contributed by atoms with Crippen molar-refractivity contribution in [3.8, 4) is 0 Å². The number of rotatable bonds is 3. The van der Waals surface area contributed by atoms with Gasteiger partial charge in [-0.25, -0.2) is 4.79 Å². The Hall–Kier alpha value is -1.69. The Labute approximate surface area is 131 Å². The van der Waals surface area contributed by atoms with Gasteiger partial charge in [0.25, 0.3) is 0 Å². The maximum Gasteiger partial charge on any atom is 0.339 e. The summed E-state index contributed by atoms with van der Waals surface area (Å²) >= 11 is 2.03. The third-order valence-corrected chi connectivity index (χ3v) is 3.86. The van der Waals surface area contributed by atoms with Crippen LogP contribution in [0, 0.1) is 10.5 Å². The molecule has 2 rings (SSSR count). The highest BCUT2D eigenvalue weighted by Crippen LogP contribution is 2.21. The first-order valence-corrected chi connectivity index (χ1v) is 7.10. The second-order valence-corrected chi connectivity index (χ2v) is 5.51.